The maximum Gasteiger partial charge on any atom is 0.0591 e. The van der Waals surface area contributed by atoms with Crippen molar-refractivity contribution in [2.75, 3.05) is 0 Å². The first-order valence-electron chi connectivity index (χ1n) is 6.32. The van der Waals surface area contributed by atoms with Crippen molar-refractivity contribution in [2.24, 2.45) is 11.3 Å². The highest BCUT2D eigenvalue weighted by Gasteiger charge is 2.15. The quantitative estimate of drug-likeness (QED) is 0.695. The van der Waals surface area contributed by atoms with Gasteiger partial charge in [-0.2, -0.15) is 0 Å². The molecule has 0 fully saturated rings. The minimum atomic E-state index is -0.482. The predicted octanol–water partition coefficient (Wildman–Crippen LogP) is 4.39. The van der Waals surface area contributed by atoms with E-state index < -0.39 is 5.60 Å². The Morgan fingerprint density at radius 3 is 1.87 bits per heavy atom. The van der Waals surface area contributed by atoms with Crippen LogP contribution in [-0.2, 0) is 0 Å². The Hall–Kier alpha value is -0.0400. The van der Waals surface area contributed by atoms with Crippen LogP contribution in [0.1, 0.15) is 73.6 Å². The highest BCUT2D eigenvalue weighted by atomic mass is 16.3. The highest BCUT2D eigenvalue weighted by molar-refractivity contribution is 4.68. The Morgan fingerprint density at radius 2 is 1.47 bits per heavy atom. The van der Waals surface area contributed by atoms with E-state index in [0.717, 1.165) is 18.8 Å². The summed E-state index contributed by atoms with van der Waals surface area (Å²) >= 11 is 0. The molecule has 0 aromatic rings. The molecule has 0 heterocycles. The molecule has 0 radical (unpaired) electrons. The number of aliphatic hydroxyl groups is 1. The number of hydrogen-bond donors (Lipinski definition) is 1. The Labute approximate surface area is 96.3 Å². The summed E-state index contributed by atoms with van der Waals surface area (Å²) in [6.45, 7) is 13.0. The first-order chi connectivity index (χ1) is 6.60. The van der Waals surface area contributed by atoms with Gasteiger partial charge in [-0.25, -0.2) is 0 Å². The van der Waals surface area contributed by atoms with Crippen molar-refractivity contribution in [3.05, 3.63) is 0 Å². The molecular weight excluding hydrogens is 184 g/mol. The van der Waals surface area contributed by atoms with E-state index in [-0.39, 0.29) is 0 Å². The summed E-state index contributed by atoms with van der Waals surface area (Å²) in [7, 11) is 0. The molecule has 15 heavy (non-hydrogen) atoms. The second-order valence-corrected chi connectivity index (χ2v) is 6.91. The average molecular weight is 214 g/mol. The molecule has 1 unspecified atom stereocenters. The Morgan fingerprint density at radius 1 is 0.933 bits per heavy atom. The maximum absolute atomic E-state index is 9.59. The largest absolute Gasteiger partial charge is 0.390 e. The van der Waals surface area contributed by atoms with E-state index in [1.54, 1.807) is 0 Å². The topological polar surface area (TPSA) is 20.2 Å². The molecule has 0 aromatic carbocycles. The van der Waals surface area contributed by atoms with Crippen molar-refractivity contribution in [3.8, 4) is 0 Å². The summed E-state index contributed by atoms with van der Waals surface area (Å²) in [5.41, 5.74) is -0.0196. The van der Waals surface area contributed by atoms with Crippen LogP contribution in [0.25, 0.3) is 0 Å². The minimum Gasteiger partial charge on any atom is -0.390 e. The van der Waals surface area contributed by atoms with Crippen LogP contribution in [-0.4, -0.2) is 10.7 Å². The smallest absolute Gasteiger partial charge is 0.0591 e. The van der Waals surface area contributed by atoms with Gasteiger partial charge in [-0.1, -0.05) is 47.0 Å². The summed E-state index contributed by atoms with van der Waals surface area (Å²) in [6, 6.07) is 0. The maximum atomic E-state index is 9.59. The van der Waals surface area contributed by atoms with Crippen LogP contribution in [0.4, 0.5) is 0 Å². The molecule has 0 saturated carbocycles. The zero-order chi connectivity index (χ0) is 12.1. The summed E-state index contributed by atoms with van der Waals surface area (Å²) in [5.74, 6) is 0.798. The molecule has 0 aliphatic rings. The van der Waals surface area contributed by atoms with Crippen LogP contribution >= 0.6 is 0 Å². The van der Waals surface area contributed by atoms with E-state index in [2.05, 4.69) is 27.7 Å². The SMILES string of the molecule is CC(CCCC(C)(C)O)CCC(C)(C)C. The molecule has 0 amide bonds. The fraction of sp³-hybridized carbons (Fsp3) is 1.00. The van der Waals surface area contributed by atoms with E-state index in [4.69, 9.17) is 0 Å². The second-order valence-electron chi connectivity index (χ2n) is 6.91. The van der Waals surface area contributed by atoms with Crippen LogP contribution in [0.15, 0.2) is 0 Å². The van der Waals surface area contributed by atoms with Gasteiger partial charge in [0.1, 0.15) is 0 Å². The van der Waals surface area contributed by atoms with Gasteiger partial charge in [0, 0.05) is 0 Å². The van der Waals surface area contributed by atoms with E-state index in [9.17, 15) is 5.11 Å². The lowest BCUT2D eigenvalue weighted by Gasteiger charge is -2.22. The van der Waals surface area contributed by atoms with Gasteiger partial charge in [0.25, 0.3) is 0 Å². The second kappa shape index (κ2) is 5.89. The van der Waals surface area contributed by atoms with Crippen molar-refractivity contribution in [1.29, 1.82) is 0 Å². The molecule has 1 atom stereocenters. The van der Waals surface area contributed by atoms with E-state index >= 15 is 0 Å². The lowest BCUT2D eigenvalue weighted by Crippen LogP contribution is -2.18. The Balaban J connectivity index is 3.54. The molecule has 0 aliphatic carbocycles. The summed E-state index contributed by atoms with van der Waals surface area (Å²) < 4.78 is 0. The third-order valence-corrected chi connectivity index (χ3v) is 2.87. The number of rotatable bonds is 6. The van der Waals surface area contributed by atoms with Gasteiger partial charge in [0.2, 0.25) is 0 Å². The fourth-order valence-corrected chi connectivity index (χ4v) is 1.71. The van der Waals surface area contributed by atoms with Crippen LogP contribution in [0, 0.1) is 11.3 Å². The first kappa shape index (κ1) is 15.0. The molecule has 0 aromatic heterocycles. The van der Waals surface area contributed by atoms with Gasteiger partial charge in [0.15, 0.2) is 0 Å². The Kier molecular flexibility index (Phi) is 5.87. The van der Waals surface area contributed by atoms with Gasteiger partial charge in [0.05, 0.1) is 5.60 Å². The molecule has 1 N–H and O–H groups in total. The summed E-state index contributed by atoms with van der Waals surface area (Å²) in [6.07, 6.45) is 5.94. The van der Waals surface area contributed by atoms with Crippen molar-refractivity contribution in [2.45, 2.75) is 79.2 Å². The molecule has 1 nitrogen and oxygen atoms in total. The lowest BCUT2D eigenvalue weighted by molar-refractivity contribution is 0.0667. The Bertz CT molecular complexity index is 159. The van der Waals surface area contributed by atoms with Crippen LogP contribution in [0.2, 0.25) is 0 Å². The summed E-state index contributed by atoms with van der Waals surface area (Å²) in [5, 5.41) is 9.59. The molecule has 0 saturated heterocycles. The van der Waals surface area contributed by atoms with Crippen molar-refractivity contribution in [1.82, 2.24) is 0 Å². The van der Waals surface area contributed by atoms with Gasteiger partial charge < -0.3 is 5.11 Å². The average Bonchev–Trinajstić information content (AvgIpc) is 1.97. The summed E-state index contributed by atoms with van der Waals surface area (Å²) in [4.78, 5) is 0. The molecular formula is C14H30O. The normalized spacial score (nSPS) is 15.4. The molecule has 92 valence electrons. The molecule has 1 heteroatoms. The highest BCUT2D eigenvalue weighted by Crippen LogP contribution is 2.26. The van der Waals surface area contributed by atoms with Gasteiger partial charge in [-0.15, -0.1) is 0 Å². The third kappa shape index (κ3) is 11.9. The third-order valence-electron chi connectivity index (χ3n) is 2.87. The minimum absolute atomic E-state index is 0.463. The van der Waals surface area contributed by atoms with Gasteiger partial charge in [-0.05, 0) is 38.0 Å². The zero-order valence-corrected chi connectivity index (χ0v) is 11.6. The van der Waals surface area contributed by atoms with Crippen LogP contribution in [0.3, 0.4) is 0 Å². The first-order valence-corrected chi connectivity index (χ1v) is 6.32. The number of hydrogen-bond acceptors (Lipinski definition) is 1. The monoisotopic (exact) mass is 214 g/mol. The molecule has 0 spiro atoms. The standard InChI is InChI=1S/C14H30O/c1-12(9-11-13(2,3)4)8-7-10-14(5,6)15/h12,15H,7-11H2,1-6H3. The van der Waals surface area contributed by atoms with E-state index in [0.29, 0.717) is 5.41 Å². The van der Waals surface area contributed by atoms with Crippen molar-refractivity contribution in [3.63, 3.8) is 0 Å². The lowest BCUT2D eigenvalue weighted by atomic mass is 9.85. The van der Waals surface area contributed by atoms with Crippen molar-refractivity contribution >= 4 is 0 Å². The van der Waals surface area contributed by atoms with Crippen LogP contribution < -0.4 is 0 Å². The fourth-order valence-electron chi connectivity index (χ4n) is 1.71. The van der Waals surface area contributed by atoms with Crippen molar-refractivity contribution < 1.29 is 5.11 Å². The van der Waals surface area contributed by atoms with E-state index in [1.165, 1.54) is 19.3 Å². The zero-order valence-electron chi connectivity index (χ0n) is 11.6. The van der Waals surface area contributed by atoms with E-state index in [1.807, 2.05) is 13.8 Å². The van der Waals surface area contributed by atoms with Gasteiger partial charge in [-0.3, -0.25) is 0 Å². The predicted molar refractivity (Wildman–Crippen MR) is 68.0 cm³/mol. The molecule has 0 aliphatic heterocycles. The molecule has 0 rings (SSSR count). The van der Waals surface area contributed by atoms with Crippen LogP contribution in [0.5, 0.6) is 0 Å². The van der Waals surface area contributed by atoms with Gasteiger partial charge >= 0.3 is 0 Å². The molecule has 0 bridgehead atoms.